The van der Waals surface area contributed by atoms with Crippen molar-refractivity contribution in [2.24, 2.45) is 0 Å². The number of hydrogen-bond acceptors (Lipinski definition) is 5. The summed E-state index contributed by atoms with van der Waals surface area (Å²) in [5, 5.41) is 2.87. The quantitative estimate of drug-likeness (QED) is 0.848. The van der Waals surface area contributed by atoms with Crippen LogP contribution in [-0.4, -0.2) is 16.8 Å². The molecule has 0 aliphatic carbocycles. The molecular weight excluding hydrogens is 261 g/mol. The second-order valence-corrected chi connectivity index (χ2v) is 3.83. The number of benzene rings is 1. The molecule has 0 amide bonds. The molecule has 1 aliphatic heterocycles. The number of aromatic nitrogens is 2. The SMILES string of the molecule is Fc1ccc2c(c1Nc1ccnc(Cl)n1)OCO2. The van der Waals surface area contributed by atoms with Crippen LogP contribution in [0.4, 0.5) is 15.9 Å². The number of nitrogens with one attached hydrogen (secondary N) is 1. The van der Waals surface area contributed by atoms with Crippen LogP contribution in [0, 0.1) is 5.82 Å². The summed E-state index contributed by atoms with van der Waals surface area (Å²) in [6.07, 6.45) is 1.47. The molecule has 0 radical (unpaired) electrons. The number of nitrogens with zero attached hydrogens (tertiary/aromatic N) is 2. The predicted molar refractivity (Wildman–Crippen MR) is 62.8 cm³/mol. The van der Waals surface area contributed by atoms with Crippen molar-refractivity contribution >= 4 is 23.1 Å². The van der Waals surface area contributed by atoms with Gasteiger partial charge in [-0.05, 0) is 29.8 Å². The molecule has 1 aromatic carbocycles. The number of rotatable bonds is 2. The van der Waals surface area contributed by atoms with E-state index in [1.165, 1.54) is 18.3 Å². The lowest BCUT2D eigenvalue weighted by Gasteiger charge is -2.09. The molecule has 0 bridgehead atoms. The van der Waals surface area contributed by atoms with Gasteiger partial charge in [0.05, 0.1) is 0 Å². The van der Waals surface area contributed by atoms with E-state index in [1.54, 1.807) is 6.07 Å². The van der Waals surface area contributed by atoms with E-state index in [2.05, 4.69) is 15.3 Å². The highest BCUT2D eigenvalue weighted by molar-refractivity contribution is 6.28. The normalized spacial score (nSPS) is 12.6. The summed E-state index contributed by atoms with van der Waals surface area (Å²) in [6.45, 7) is 0.0675. The van der Waals surface area contributed by atoms with Crippen molar-refractivity contribution in [3.05, 3.63) is 35.5 Å². The number of ether oxygens (including phenoxy) is 2. The number of anilines is 2. The lowest BCUT2D eigenvalue weighted by atomic mass is 10.2. The maximum Gasteiger partial charge on any atom is 0.231 e. The van der Waals surface area contributed by atoms with Gasteiger partial charge in [0.25, 0.3) is 0 Å². The summed E-state index contributed by atoms with van der Waals surface area (Å²) >= 11 is 5.66. The molecule has 3 rings (SSSR count). The first-order chi connectivity index (χ1) is 8.74. The Morgan fingerprint density at radius 3 is 3.00 bits per heavy atom. The van der Waals surface area contributed by atoms with Crippen molar-refractivity contribution in [1.29, 1.82) is 0 Å². The first-order valence-electron chi connectivity index (χ1n) is 5.08. The highest BCUT2D eigenvalue weighted by atomic mass is 35.5. The number of fused-ring (bicyclic) bond motifs is 1. The van der Waals surface area contributed by atoms with Crippen LogP contribution in [0.5, 0.6) is 11.5 Å². The molecule has 2 heterocycles. The van der Waals surface area contributed by atoms with Crippen molar-refractivity contribution in [1.82, 2.24) is 9.97 Å². The largest absolute Gasteiger partial charge is 0.454 e. The van der Waals surface area contributed by atoms with Crippen LogP contribution in [0.25, 0.3) is 0 Å². The third kappa shape index (κ3) is 1.91. The van der Waals surface area contributed by atoms with E-state index in [4.69, 9.17) is 21.1 Å². The second-order valence-electron chi connectivity index (χ2n) is 3.49. The third-order valence-corrected chi connectivity index (χ3v) is 2.55. The summed E-state index contributed by atoms with van der Waals surface area (Å²) in [5.74, 6) is 0.718. The summed E-state index contributed by atoms with van der Waals surface area (Å²) in [4.78, 5) is 7.66. The van der Waals surface area contributed by atoms with Gasteiger partial charge in [0.1, 0.15) is 11.5 Å². The van der Waals surface area contributed by atoms with E-state index in [-0.39, 0.29) is 17.8 Å². The Labute approximate surface area is 107 Å². The van der Waals surface area contributed by atoms with Gasteiger partial charge < -0.3 is 14.8 Å². The Kier molecular flexibility index (Phi) is 2.64. The van der Waals surface area contributed by atoms with Gasteiger partial charge in [-0.3, -0.25) is 0 Å². The highest BCUT2D eigenvalue weighted by Gasteiger charge is 2.21. The monoisotopic (exact) mass is 267 g/mol. The molecule has 5 nitrogen and oxygen atoms in total. The maximum absolute atomic E-state index is 13.8. The molecule has 0 saturated carbocycles. The Morgan fingerprint density at radius 1 is 1.28 bits per heavy atom. The molecule has 0 unspecified atom stereocenters. The average molecular weight is 268 g/mol. The van der Waals surface area contributed by atoms with E-state index < -0.39 is 5.82 Å². The maximum atomic E-state index is 13.8. The second kappa shape index (κ2) is 4.30. The van der Waals surface area contributed by atoms with Crippen LogP contribution >= 0.6 is 11.6 Å². The molecule has 0 fully saturated rings. The fourth-order valence-corrected chi connectivity index (χ4v) is 1.74. The van der Waals surface area contributed by atoms with Gasteiger partial charge in [0, 0.05) is 6.20 Å². The van der Waals surface area contributed by atoms with Crippen LogP contribution in [0.15, 0.2) is 24.4 Å². The molecule has 0 spiro atoms. The molecule has 2 aromatic rings. The van der Waals surface area contributed by atoms with E-state index in [0.29, 0.717) is 17.3 Å². The van der Waals surface area contributed by atoms with Crippen LogP contribution < -0.4 is 14.8 Å². The van der Waals surface area contributed by atoms with Gasteiger partial charge in [0.2, 0.25) is 12.1 Å². The molecule has 18 heavy (non-hydrogen) atoms. The minimum absolute atomic E-state index is 0.0675. The molecule has 1 aliphatic rings. The first kappa shape index (κ1) is 11.0. The summed E-state index contributed by atoms with van der Waals surface area (Å²) in [5.41, 5.74) is 0.166. The average Bonchev–Trinajstić information content (AvgIpc) is 2.81. The van der Waals surface area contributed by atoms with Crippen molar-refractivity contribution in [3.8, 4) is 11.5 Å². The fraction of sp³-hybridized carbons (Fsp3) is 0.0909. The van der Waals surface area contributed by atoms with E-state index in [9.17, 15) is 4.39 Å². The first-order valence-corrected chi connectivity index (χ1v) is 5.45. The standard InChI is InChI=1S/C11H7ClFN3O2/c12-11-14-4-3-8(16-11)15-9-6(13)1-2-7-10(9)18-5-17-7/h1-4H,5H2,(H,14,15,16). The van der Waals surface area contributed by atoms with Crippen molar-refractivity contribution in [2.75, 3.05) is 12.1 Å². The molecule has 1 aromatic heterocycles. The smallest absolute Gasteiger partial charge is 0.231 e. The molecule has 0 saturated heterocycles. The van der Waals surface area contributed by atoms with Crippen molar-refractivity contribution < 1.29 is 13.9 Å². The van der Waals surface area contributed by atoms with E-state index in [0.717, 1.165) is 0 Å². The number of hydrogen-bond donors (Lipinski definition) is 1. The Balaban J connectivity index is 2.00. The Hall–Kier alpha value is -2.08. The highest BCUT2D eigenvalue weighted by Crippen LogP contribution is 2.41. The zero-order valence-corrected chi connectivity index (χ0v) is 9.74. The van der Waals surface area contributed by atoms with Gasteiger partial charge in [-0.2, -0.15) is 0 Å². The van der Waals surface area contributed by atoms with Crippen LogP contribution in [0.3, 0.4) is 0 Å². The molecular formula is C11H7ClFN3O2. The van der Waals surface area contributed by atoms with Gasteiger partial charge in [0.15, 0.2) is 17.3 Å². The lowest BCUT2D eigenvalue weighted by molar-refractivity contribution is 0.174. The predicted octanol–water partition coefficient (Wildman–Crippen LogP) is 2.74. The number of halogens is 2. The Morgan fingerprint density at radius 2 is 2.17 bits per heavy atom. The van der Waals surface area contributed by atoms with Crippen molar-refractivity contribution in [2.45, 2.75) is 0 Å². The summed E-state index contributed by atoms with van der Waals surface area (Å²) < 4.78 is 24.1. The van der Waals surface area contributed by atoms with Crippen LogP contribution in [0.1, 0.15) is 0 Å². The van der Waals surface area contributed by atoms with E-state index in [1.807, 2.05) is 0 Å². The van der Waals surface area contributed by atoms with Gasteiger partial charge in [-0.25, -0.2) is 14.4 Å². The van der Waals surface area contributed by atoms with Crippen LogP contribution in [0.2, 0.25) is 5.28 Å². The van der Waals surface area contributed by atoms with Crippen molar-refractivity contribution in [3.63, 3.8) is 0 Å². The topological polar surface area (TPSA) is 56.3 Å². The van der Waals surface area contributed by atoms with Crippen LogP contribution in [-0.2, 0) is 0 Å². The van der Waals surface area contributed by atoms with E-state index >= 15 is 0 Å². The summed E-state index contributed by atoms with van der Waals surface area (Å²) in [6, 6.07) is 4.37. The molecule has 7 heteroatoms. The minimum Gasteiger partial charge on any atom is -0.454 e. The zero-order valence-electron chi connectivity index (χ0n) is 8.98. The molecule has 0 atom stereocenters. The molecule has 92 valence electrons. The molecule has 1 N–H and O–H groups in total. The minimum atomic E-state index is -0.464. The van der Waals surface area contributed by atoms with Gasteiger partial charge in [-0.15, -0.1) is 0 Å². The fourth-order valence-electron chi connectivity index (χ4n) is 1.60. The lowest BCUT2D eigenvalue weighted by Crippen LogP contribution is -1.99. The third-order valence-electron chi connectivity index (χ3n) is 2.37. The van der Waals surface area contributed by atoms with Gasteiger partial charge in [-0.1, -0.05) is 0 Å². The summed E-state index contributed by atoms with van der Waals surface area (Å²) in [7, 11) is 0. The zero-order chi connectivity index (χ0) is 12.5. The Bertz CT molecular complexity index is 609. The van der Waals surface area contributed by atoms with Gasteiger partial charge >= 0.3 is 0 Å².